The number of anilines is 1. The average Bonchev–Trinajstić information content (AvgIpc) is 3.64. The van der Waals surface area contributed by atoms with Crippen LogP contribution in [0, 0.1) is 6.92 Å². The number of carbonyl (C=O) groups excluding carboxylic acids is 1. The second-order valence-electron chi connectivity index (χ2n) is 10.4. The first-order valence-electron chi connectivity index (χ1n) is 13.6. The summed E-state index contributed by atoms with van der Waals surface area (Å²) in [5.74, 6) is 0. The van der Waals surface area contributed by atoms with Crippen LogP contribution in [0.1, 0.15) is 15.9 Å². The van der Waals surface area contributed by atoms with Gasteiger partial charge in [-0.05, 0) is 77.9 Å². The van der Waals surface area contributed by atoms with Crippen LogP contribution >= 0.6 is 22.7 Å². The Kier molecular flexibility index (Phi) is 8.00. The lowest BCUT2D eigenvalue weighted by Gasteiger charge is -2.11. The predicted molar refractivity (Wildman–Crippen MR) is 182 cm³/mol. The number of thiazole rings is 2. The second-order valence-corrected chi connectivity index (χ2v) is 13.8. The van der Waals surface area contributed by atoms with Gasteiger partial charge in [0, 0.05) is 36.5 Å². The smallest absolute Gasteiger partial charge is 0.296 e. The van der Waals surface area contributed by atoms with Gasteiger partial charge in [0.2, 0.25) is 0 Å². The van der Waals surface area contributed by atoms with Crippen molar-refractivity contribution in [3.05, 3.63) is 108 Å². The first-order chi connectivity index (χ1) is 21.1. The van der Waals surface area contributed by atoms with Crippen LogP contribution < -0.4 is 4.90 Å². The molecule has 7 aromatic rings. The van der Waals surface area contributed by atoms with Gasteiger partial charge in [-0.15, -0.1) is 22.7 Å². The highest BCUT2D eigenvalue weighted by atomic mass is 32.2. The maximum atomic E-state index is 11.9. The molecule has 10 heteroatoms. The minimum Gasteiger partial charge on any atom is -0.378 e. The number of rotatable bonds is 5. The summed E-state index contributed by atoms with van der Waals surface area (Å²) >= 11 is 2.87. The molecule has 0 spiro atoms. The summed E-state index contributed by atoms with van der Waals surface area (Å²) in [5.41, 5.74) is 5.76. The summed E-state index contributed by atoms with van der Waals surface area (Å²) in [5, 5.41) is 3.92. The summed E-state index contributed by atoms with van der Waals surface area (Å²) in [6.07, 6.45) is 0.867. The molecule has 2 aromatic heterocycles. The number of nitrogens with zero attached hydrogens (tertiary/aromatic N) is 3. The van der Waals surface area contributed by atoms with Gasteiger partial charge in [-0.2, -0.15) is 8.42 Å². The van der Waals surface area contributed by atoms with Gasteiger partial charge in [0.25, 0.3) is 10.1 Å². The molecule has 220 valence electrons. The topological polar surface area (TPSA) is 100 Å². The molecule has 7 nitrogen and oxygen atoms in total. The maximum absolute atomic E-state index is 11.9. The first kappa shape index (κ1) is 29.6. The fourth-order valence-electron chi connectivity index (χ4n) is 4.87. The molecular weight excluding hydrogens is 611 g/mol. The molecule has 0 fully saturated rings. The molecule has 1 N–H and O–H groups in total. The molecular formula is C34H27N3O4S3. The highest BCUT2D eigenvalue weighted by Gasteiger charge is 2.21. The van der Waals surface area contributed by atoms with Crippen LogP contribution in [0.25, 0.3) is 52.3 Å². The van der Waals surface area contributed by atoms with Crippen LogP contribution in [0.3, 0.4) is 0 Å². The van der Waals surface area contributed by atoms with Gasteiger partial charge in [0.1, 0.15) is 21.2 Å². The monoisotopic (exact) mass is 637 g/mol. The zero-order chi connectivity index (χ0) is 31.0. The van der Waals surface area contributed by atoms with Crippen LogP contribution in [-0.4, -0.2) is 43.3 Å². The Morgan fingerprint density at radius 2 is 1.41 bits per heavy atom. The Morgan fingerprint density at radius 3 is 2.11 bits per heavy atom. The Bertz CT molecular complexity index is 2270. The Balaban J connectivity index is 0.000000238. The van der Waals surface area contributed by atoms with E-state index in [0.29, 0.717) is 20.8 Å². The Morgan fingerprint density at radius 1 is 0.750 bits per heavy atom. The van der Waals surface area contributed by atoms with E-state index in [9.17, 15) is 17.8 Å². The van der Waals surface area contributed by atoms with Gasteiger partial charge in [-0.3, -0.25) is 9.35 Å². The summed E-state index contributed by atoms with van der Waals surface area (Å²) in [6.45, 7) is 1.66. The molecule has 0 aliphatic heterocycles. The predicted octanol–water partition coefficient (Wildman–Crippen LogP) is 8.51. The van der Waals surface area contributed by atoms with Gasteiger partial charge in [0.15, 0.2) is 0 Å². The van der Waals surface area contributed by atoms with Crippen LogP contribution in [0.5, 0.6) is 0 Å². The van der Waals surface area contributed by atoms with Crippen LogP contribution in [0.15, 0.2) is 102 Å². The number of benzene rings is 5. The number of aldehydes is 1. The van der Waals surface area contributed by atoms with Gasteiger partial charge in [-0.25, -0.2) is 9.97 Å². The standard InChI is InChI=1S/C23H19N3O3S3.C11H8O/c1-13-4-10-18-20(21(13)32(27,28)29)31-23(25-18)15-7-11-17-19(12-15)30-22(24-17)14-5-8-16(9-6-14)26(2)3;12-8-9-5-6-10-3-1-2-4-11(10)7-9/h4-12H,1-3H3,(H,27,28,29);1-8H. The SMILES string of the molecule is Cc1ccc2nc(-c3ccc4nc(-c5ccc(N(C)C)cc5)sc4c3)sc2c1S(=O)(=O)O.O=Cc1ccc2ccccc2c1. The van der Waals surface area contributed by atoms with E-state index in [1.54, 1.807) is 30.4 Å². The number of fused-ring (bicyclic) bond motifs is 3. The van der Waals surface area contributed by atoms with Crippen molar-refractivity contribution in [3.8, 4) is 21.1 Å². The summed E-state index contributed by atoms with van der Waals surface area (Å²) in [4.78, 5) is 21.8. The lowest BCUT2D eigenvalue weighted by atomic mass is 10.1. The first-order valence-corrected chi connectivity index (χ1v) is 16.7. The number of hydrogen-bond donors (Lipinski definition) is 1. The third-order valence-electron chi connectivity index (χ3n) is 7.14. The molecule has 0 aliphatic carbocycles. The molecule has 0 atom stereocenters. The zero-order valence-electron chi connectivity index (χ0n) is 24.1. The maximum Gasteiger partial charge on any atom is 0.296 e. The van der Waals surface area contributed by atoms with E-state index < -0.39 is 10.1 Å². The molecule has 5 aromatic carbocycles. The molecule has 2 heterocycles. The number of carbonyl (C=O) groups is 1. The van der Waals surface area contributed by atoms with Crippen LogP contribution in [-0.2, 0) is 10.1 Å². The van der Waals surface area contributed by atoms with Crippen LogP contribution in [0.2, 0.25) is 0 Å². The Labute approximate surface area is 262 Å². The summed E-state index contributed by atoms with van der Waals surface area (Å²) in [6, 6.07) is 31.3. The molecule has 0 unspecified atom stereocenters. The highest BCUT2D eigenvalue weighted by molar-refractivity contribution is 7.86. The fourth-order valence-corrected chi connectivity index (χ4v) is 8.19. The fraction of sp³-hybridized carbons (Fsp3) is 0.0882. The van der Waals surface area contributed by atoms with E-state index in [0.717, 1.165) is 49.3 Å². The van der Waals surface area contributed by atoms with E-state index in [-0.39, 0.29) is 4.90 Å². The van der Waals surface area contributed by atoms with Gasteiger partial charge in [0.05, 0.1) is 20.4 Å². The third-order valence-corrected chi connectivity index (χ3v) is 10.5. The van der Waals surface area contributed by atoms with Crippen molar-refractivity contribution in [2.24, 2.45) is 0 Å². The zero-order valence-corrected chi connectivity index (χ0v) is 26.5. The van der Waals surface area contributed by atoms with Gasteiger partial charge >= 0.3 is 0 Å². The van der Waals surface area contributed by atoms with Crippen LogP contribution in [0.4, 0.5) is 5.69 Å². The van der Waals surface area contributed by atoms with E-state index in [1.807, 2.05) is 74.8 Å². The van der Waals surface area contributed by atoms with Crippen molar-refractivity contribution < 1.29 is 17.8 Å². The average molecular weight is 638 g/mol. The van der Waals surface area contributed by atoms with Crippen molar-refractivity contribution in [1.82, 2.24) is 9.97 Å². The lowest BCUT2D eigenvalue weighted by molar-refractivity contribution is 0.112. The lowest BCUT2D eigenvalue weighted by Crippen LogP contribution is -2.07. The molecule has 0 bridgehead atoms. The van der Waals surface area contributed by atoms with E-state index in [4.69, 9.17) is 4.98 Å². The van der Waals surface area contributed by atoms with Gasteiger partial charge < -0.3 is 4.90 Å². The molecule has 0 amide bonds. The van der Waals surface area contributed by atoms with E-state index in [2.05, 4.69) is 34.1 Å². The van der Waals surface area contributed by atoms with Gasteiger partial charge in [-0.1, -0.05) is 42.5 Å². The van der Waals surface area contributed by atoms with E-state index in [1.165, 1.54) is 16.7 Å². The highest BCUT2D eigenvalue weighted by Crippen LogP contribution is 2.38. The molecule has 0 aliphatic rings. The minimum absolute atomic E-state index is 0.0684. The summed E-state index contributed by atoms with van der Waals surface area (Å²) in [7, 11) is -0.319. The largest absolute Gasteiger partial charge is 0.378 e. The normalized spacial score (nSPS) is 11.5. The Hall–Kier alpha value is -4.48. The van der Waals surface area contributed by atoms with Crippen molar-refractivity contribution in [2.75, 3.05) is 19.0 Å². The van der Waals surface area contributed by atoms with Crippen molar-refractivity contribution in [2.45, 2.75) is 11.8 Å². The number of hydrogen-bond acceptors (Lipinski definition) is 8. The second kappa shape index (κ2) is 11.9. The quantitative estimate of drug-likeness (QED) is 0.149. The molecule has 0 radical (unpaired) electrons. The summed E-state index contributed by atoms with van der Waals surface area (Å²) < 4.78 is 35.0. The molecule has 44 heavy (non-hydrogen) atoms. The molecule has 0 saturated heterocycles. The van der Waals surface area contributed by atoms with Crippen molar-refractivity contribution >= 4 is 76.0 Å². The van der Waals surface area contributed by atoms with Crippen molar-refractivity contribution in [3.63, 3.8) is 0 Å². The third kappa shape index (κ3) is 5.97. The van der Waals surface area contributed by atoms with E-state index >= 15 is 0 Å². The molecule has 7 rings (SSSR count). The van der Waals surface area contributed by atoms with Crippen molar-refractivity contribution in [1.29, 1.82) is 0 Å². The minimum atomic E-state index is -4.34. The number of aromatic nitrogens is 2. The number of aryl methyl sites for hydroxylation is 1. The molecule has 0 saturated carbocycles.